The van der Waals surface area contributed by atoms with Crippen LogP contribution in [-0.2, 0) is 13.1 Å². The topological polar surface area (TPSA) is 54.7 Å². The van der Waals surface area contributed by atoms with E-state index >= 15 is 0 Å². The quantitative estimate of drug-likeness (QED) is 0.810. The third-order valence-electron chi connectivity index (χ3n) is 3.82. The van der Waals surface area contributed by atoms with Crippen molar-refractivity contribution in [1.82, 2.24) is 4.57 Å². The van der Waals surface area contributed by atoms with Gasteiger partial charge in [0.15, 0.2) is 0 Å². The molecule has 0 atom stereocenters. The van der Waals surface area contributed by atoms with Crippen LogP contribution < -0.4 is 5.73 Å². The number of hydrogen-bond acceptors (Lipinski definition) is 2. The van der Waals surface area contributed by atoms with E-state index in [1.165, 1.54) is 16.5 Å². The van der Waals surface area contributed by atoms with Gasteiger partial charge in [0.1, 0.15) is 0 Å². The van der Waals surface area contributed by atoms with E-state index < -0.39 is 0 Å². The van der Waals surface area contributed by atoms with Gasteiger partial charge in [0.05, 0.1) is 11.5 Å². The first-order valence-corrected chi connectivity index (χ1v) is 7.25. The van der Waals surface area contributed by atoms with Gasteiger partial charge in [0.25, 0.3) is 0 Å². The van der Waals surface area contributed by atoms with Crippen molar-refractivity contribution < 1.29 is 0 Å². The summed E-state index contributed by atoms with van der Waals surface area (Å²) in [6.07, 6.45) is 5.29. The lowest BCUT2D eigenvalue weighted by Crippen LogP contribution is -2.08. The minimum absolute atomic E-state index is 0.200. The normalized spacial score (nSPS) is 11.7. The Morgan fingerprint density at radius 1 is 1.25 bits per heavy atom. The van der Waals surface area contributed by atoms with Gasteiger partial charge in [-0.3, -0.25) is 0 Å². The number of aromatic nitrogens is 1. The largest absolute Gasteiger partial charge is 0.347 e. The molecule has 0 aliphatic rings. The number of unbranched alkanes of at least 4 members (excludes halogenated alkanes) is 1. The summed E-state index contributed by atoms with van der Waals surface area (Å²) in [4.78, 5) is 0. The molecule has 20 heavy (non-hydrogen) atoms. The lowest BCUT2D eigenvalue weighted by molar-refractivity contribution is 0.418. The molecule has 0 saturated carbocycles. The maximum atomic E-state index is 9.00. The van der Waals surface area contributed by atoms with Gasteiger partial charge in [0, 0.05) is 24.8 Å². The fourth-order valence-corrected chi connectivity index (χ4v) is 2.48. The maximum Gasteiger partial charge on any atom is 0.0683 e. The zero-order chi connectivity index (χ0) is 14.6. The molecule has 3 nitrogen and oxygen atoms in total. The van der Waals surface area contributed by atoms with E-state index in [0.717, 1.165) is 25.8 Å². The van der Waals surface area contributed by atoms with Crippen molar-refractivity contribution >= 4 is 10.9 Å². The van der Waals surface area contributed by atoms with Crippen LogP contribution in [0.1, 0.15) is 38.7 Å². The van der Waals surface area contributed by atoms with Gasteiger partial charge in [-0.2, -0.15) is 5.26 Å². The van der Waals surface area contributed by atoms with Gasteiger partial charge in [-0.05, 0) is 55.8 Å². The average molecular weight is 269 g/mol. The van der Waals surface area contributed by atoms with Crippen LogP contribution in [0.25, 0.3) is 10.9 Å². The molecule has 1 heterocycles. The molecule has 2 aromatic rings. The monoisotopic (exact) mass is 269 g/mol. The van der Waals surface area contributed by atoms with Crippen LogP contribution in [0.2, 0.25) is 0 Å². The van der Waals surface area contributed by atoms with Crippen LogP contribution in [0.3, 0.4) is 0 Å². The highest BCUT2D eigenvalue weighted by Crippen LogP contribution is 2.23. The Morgan fingerprint density at radius 2 is 2.05 bits per heavy atom. The number of aryl methyl sites for hydroxylation is 1. The van der Waals surface area contributed by atoms with Crippen molar-refractivity contribution in [3.63, 3.8) is 0 Å². The Kier molecular flexibility index (Phi) is 4.46. The van der Waals surface area contributed by atoms with E-state index in [2.05, 4.69) is 41.1 Å². The highest BCUT2D eigenvalue weighted by atomic mass is 14.9. The van der Waals surface area contributed by atoms with Crippen molar-refractivity contribution in [1.29, 1.82) is 5.26 Å². The lowest BCUT2D eigenvalue weighted by atomic mass is 9.89. The molecular formula is C17H23N3. The van der Waals surface area contributed by atoms with E-state index in [-0.39, 0.29) is 5.41 Å². The number of nitrogens with zero attached hydrogens (tertiary/aromatic N) is 2. The molecule has 0 fully saturated rings. The smallest absolute Gasteiger partial charge is 0.0683 e. The second-order valence-corrected chi connectivity index (χ2v) is 6.06. The number of benzene rings is 1. The molecule has 0 saturated heterocycles. The van der Waals surface area contributed by atoms with Crippen LogP contribution in [0.5, 0.6) is 0 Å². The Hall–Kier alpha value is -1.79. The van der Waals surface area contributed by atoms with Crippen molar-refractivity contribution in [2.45, 2.75) is 46.2 Å². The molecule has 1 aromatic heterocycles. The molecule has 2 rings (SSSR count). The minimum Gasteiger partial charge on any atom is -0.347 e. The minimum atomic E-state index is -0.200. The molecule has 106 valence electrons. The van der Waals surface area contributed by atoms with E-state index in [9.17, 15) is 0 Å². The highest BCUT2D eigenvalue weighted by molar-refractivity contribution is 5.80. The summed E-state index contributed by atoms with van der Waals surface area (Å²) in [5.41, 5.74) is 7.90. The van der Waals surface area contributed by atoms with Gasteiger partial charge in [-0.15, -0.1) is 0 Å². The summed E-state index contributed by atoms with van der Waals surface area (Å²) in [5, 5.41) is 10.3. The molecule has 0 aliphatic carbocycles. The SMILES string of the molecule is CC(C)(C#N)CCCCn1ccc2cc(CN)ccc21. The van der Waals surface area contributed by atoms with Gasteiger partial charge in [-0.1, -0.05) is 12.5 Å². The molecule has 0 unspecified atom stereocenters. The van der Waals surface area contributed by atoms with Gasteiger partial charge < -0.3 is 10.3 Å². The Balaban J connectivity index is 1.96. The van der Waals surface area contributed by atoms with Crippen molar-refractivity contribution in [2.24, 2.45) is 11.1 Å². The Bertz CT molecular complexity index is 617. The maximum absolute atomic E-state index is 9.00. The molecule has 2 N–H and O–H groups in total. The van der Waals surface area contributed by atoms with Crippen LogP contribution in [0.15, 0.2) is 30.5 Å². The average Bonchev–Trinajstić information content (AvgIpc) is 2.86. The number of nitriles is 1. The standard InChI is InChI=1S/C17H23N3/c1-17(2,13-19)8-3-4-9-20-10-7-15-11-14(12-18)5-6-16(15)20/h5-7,10-11H,3-4,8-9,12,18H2,1-2H3. The first-order valence-electron chi connectivity index (χ1n) is 7.25. The van der Waals surface area contributed by atoms with Crippen LogP contribution in [-0.4, -0.2) is 4.57 Å². The number of hydrogen-bond donors (Lipinski definition) is 1. The molecule has 0 radical (unpaired) electrons. The van der Waals surface area contributed by atoms with E-state index in [4.69, 9.17) is 11.0 Å². The molecule has 0 spiro atoms. The highest BCUT2D eigenvalue weighted by Gasteiger charge is 2.15. The van der Waals surface area contributed by atoms with Gasteiger partial charge in [-0.25, -0.2) is 0 Å². The molecule has 0 amide bonds. The summed E-state index contributed by atoms with van der Waals surface area (Å²) in [5.74, 6) is 0. The van der Waals surface area contributed by atoms with Crippen molar-refractivity contribution in [3.8, 4) is 6.07 Å². The van der Waals surface area contributed by atoms with E-state index in [0.29, 0.717) is 6.54 Å². The van der Waals surface area contributed by atoms with Crippen LogP contribution in [0, 0.1) is 16.7 Å². The summed E-state index contributed by atoms with van der Waals surface area (Å²) in [7, 11) is 0. The molecule has 1 aromatic carbocycles. The van der Waals surface area contributed by atoms with Crippen LogP contribution >= 0.6 is 0 Å². The Labute approximate surface area is 121 Å². The predicted molar refractivity (Wildman–Crippen MR) is 83.1 cm³/mol. The second kappa shape index (κ2) is 6.11. The summed E-state index contributed by atoms with van der Waals surface area (Å²) in [6, 6.07) is 10.9. The third-order valence-corrected chi connectivity index (χ3v) is 3.82. The summed E-state index contributed by atoms with van der Waals surface area (Å²) >= 11 is 0. The van der Waals surface area contributed by atoms with Gasteiger partial charge >= 0.3 is 0 Å². The van der Waals surface area contributed by atoms with Crippen LogP contribution in [0.4, 0.5) is 0 Å². The molecule has 0 aliphatic heterocycles. The number of fused-ring (bicyclic) bond motifs is 1. The first kappa shape index (κ1) is 14.6. The second-order valence-electron chi connectivity index (χ2n) is 6.06. The fourth-order valence-electron chi connectivity index (χ4n) is 2.48. The van der Waals surface area contributed by atoms with E-state index in [1.54, 1.807) is 0 Å². The van der Waals surface area contributed by atoms with E-state index in [1.807, 2.05) is 13.8 Å². The number of rotatable bonds is 6. The van der Waals surface area contributed by atoms with Crippen molar-refractivity contribution in [2.75, 3.05) is 0 Å². The van der Waals surface area contributed by atoms with Gasteiger partial charge in [0.2, 0.25) is 0 Å². The molecular weight excluding hydrogens is 246 g/mol. The molecule has 0 bridgehead atoms. The van der Waals surface area contributed by atoms with Crippen molar-refractivity contribution in [3.05, 3.63) is 36.0 Å². The lowest BCUT2D eigenvalue weighted by Gasteiger charge is -2.14. The summed E-state index contributed by atoms with van der Waals surface area (Å²) in [6.45, 7) is 5.61. The molecule has 3 heteroatoms. The zero-order valence-corrected chi connectivity index (χ0v) is 12.4. The first-order chi connectivity index (χ1) is 9.55. The third kappa shape index (κ3) is 3.40. The fraction of sp³-hybridized carbons (Fsp3) is 0.471. The Morgan fingerprint density at radius 3 is 2.75 bits per heavy atom. The summed E-state index contributed by atoms with van der Waals surface area (Å²) < 4.78 is 2.29. The number of nitrogens with two attached hydrogens (primary N) is 1. The predicted octanol–water partition coefficient (Wildman–Crippen LogP) is 3.82. The zero-order valence-electron chi connectivity index (χ0n) is 12.4.